The maximum absolute atomic E-state index is 5.81. The molecular weight excluding hydrogens is 154 g/mol. The Bertz CT molecular complexity index is 81.6. The van der Waals surface area contributed by atoms with Crippen molar-refractivity contribution in [2.45, 2.75) is 51.3 Å². The molecule has 0 amide bonds. The molecule has 0 saturated heterocycles. The smallest absolute Gasteiger partial charge is 0.0127 e. The predicted molar refractivity (Wildman–Crippen MR) is 55.1 cm³/mol. The van der Waals surface area contributed by atoms with Gasteiger partial charge in [-0.25, -0.2) is 0 Å². The quantitative estimate of drug-likeness (QED) is 0.671. The van der Waals surface area contributed by atoms with E-state index in [0.717, 1.165) is 17.4 Å². The molecule has 68 valence electrons. The summed E-state index contributed by atoms with van der Waals surface area (Å²) >= 11 is 2.03. The van der Waals surface area contributed by atoms with Gasteiger partial charge in [0.15, 0.2) is 0 Å². The van der Waals surface area contributed by atoms with Crippen LogP contribution in [0.1, 0.15) is 40.0 Å². The summed E-state index contributed by atoms with van der Waals surface area (Å²) in [5.41, 5.74) is 5.81. The molecule has 0 spiro atoms. The van der Waals surface area contributed by atoms with Gasteiger partial charge in [-0.05, 0) is 19.3 Å². The Kier molecular flexibility index (Phi) is 7.18. The molecule has 2 heteroatoms. The largest absolute Gasteiger partial charge is 0.327 e. The van der Waals surface area contributed by atoms with Crippen LogP contribution in [0.5, 0.6) is 0 Å². The van der Waals surface area contributed by atoms with E-state index in [9.17, 15) is 0 Å². The summed E-state index contributed by atoms with van der Waals surface area (Å²) in [7, 11) is 0. The molecule has 0 aliphatic carbocycles. The maximum Gasteiger partial charge on any atom is 0.0127 e. The van der Waals surface area contributed by atoms with Crippen LogP contribution < -0.4 is 5.73 Å². The van der Waals surface area contributed by atoms with Crippen LogP contribution in [0.4, 0.5) is 0 Å². The van der Waals surface area contributed by atoms with Gasteiger partial charge in [0.25, 0.3) is 0 Å². The van der Waals surface area contributed by atoms with E-state index in [-0.39, 0.29) is 0 Å². The van der Waals surface area contributed by atoms with E-state index in [4.69, 9.17) is 5.73 Å². The van der Waals surface area contributed by atoms with Gasteiger partial charge in [-0.2, -0.15) is 11.8 Å². The van der Waals surface area contributed by atoms with Crippen molar-refractivity contribution < 1.29 is 0 Å². The van der Waals surface area contributed by atoms with Crippen LogP contribution in [0.15, 0.2) is 0 Å². The minimum absolute atomic E-state index is 0.403. The third-order valence-electron chi connectivity index (χ3n) is 1.98. The Morgan fingerprint density at radius 3 is 2.00 bits per heavy atom. The lowest BCUT2D eigenvalue weighted by molar-refractivity contribution is 0.717. The topological polar surface area (TPSA) is 26.0 Å². The molecule has 0 bridgehead atoms. The SMILES string of the molecule is CCC(N)CSC(CC)CC. The first-order valence-corrected chi connectivity index (χ1v) is 5.66. The number of hydrogen-bond donors (Lipinski definition) is 1. The molecule has 0 radical (unpaired) electrons. The first-order valence-electron chi connectivity index (χ1n) is 4.61. The third kappa shape index (κ3) is 5.57. The number of hydrogen-bond acceptors (Lipinski definition) is 2. The second-order valence-corrected chi connectivity index (χ2v) is 4.27. The second-order valence-electron chi connectivity index (χ2n) is 2.94. The molecule has 0 fully saturated rings. The average Bonchev–Trinajstić information content (AvgIpc) is 2.06. The van der Waals surface area contributed by atoms with Crippen LogP contribution in [0, 0.1) is 0 Å². The van der Waals surface area contributed by atoms with Gasteiger partial charge in [0.05, 0.1) is 0 Å². The van der Waals surface area contributed by atoms with E-state index in [1.165, 1.54) is 12.8 Å². The Hall–Kier alpha value is 0.310. The van der Waals surface area contributed by atoms with Crippen molar-refractivity contribution in [1.29, 1.82) is 0 Å². The molecule has 1 nitrogen and oxygen atoms in total. The Morgan fingerprint density at radius 2 is 1.64 bits per heavy atom. The molecule has 0 aromatic heterocycles. The highest BCUT2D eigenvalue weighted by Crippen LogP contribution is 2.18. The van der Waals surface area contributed by atoms with Crippen molar-refractivity contribution in [3.63, 3.8) is 0 Å². The molecule has 1 unspecified atom stereocenters. The van der Waals surface area contributed by atoms with Gasteiger partial charge in [-0.1, -0.05) is 20.8 Å². The fourth-order valence-corrected chi connectivity index (χ4v) is 2.13. The highest BCUT2D eigenvalue weighted by molar-refractivity contribution is 7.99. The van der Waals surface area contributed by atoms with Crippen molar-refractivity contribution in [3.05, 3.63) is 0 Å². The molecule has 0 aliphatic heterocycles. The zero-order valence-electron chi connectivity index (χ0n) is 7.97. The monoisotopic (exact) mass is 175 g/mol. The van der Waals surface area contributed by atoms with Gasteiger partial charge < -0.3 is 5.73 Å². The summed E-state index contributed by atoms with van der Waals surface area (Å²) in [6.45, 7) is 6.65. The van der Waals surface area contributed by atoms with E-state index in [1.54, 1.807) is 0 Å². The Balaban J connectivity index is 3.34. The van der Waals surface area contributed by atoms with Crippen molar-refractivity contribution in [3.8, 4) is 0 Å². The summed E-state index contributed by atoms with van der Waals surface area (Å²) in [5.74, 6) is 1.13. The molecule has 0 aromatic rings. The molecule has 1 atom stereocenters. The lowest BCUT2D eigenvalue weighted by Gasteiger charge is -2.14. The van der Waals surface area contributed by atoms with E-state index in [1.807, 2.05) is 11.8 Å². The lowest BCUT2D eigenvalue weighted by atomic mass is 10.3. The van der Waals surface area contributed by atoms with Gasteiger partial charge in [0.1, 0.15) is 0 Å². The van der Waals surface area contributed by atoms with Crippen molar-refractivity contribution >= 4 is 11.8 Å². The molecule has 11 heavy (non-hydrogen) atoms. The van der Waals surface area contributed by atoms with E-state index in [0.29, 0.717) is 6.04 Å². The molecular formula is C9H21NS. The number of thioether (sulfide) groups is 1. The Labute approximate surface area is 75.1 Å². The molecule has 0 aromatic carbocycles. The van der Waals surface area contributed by atoms with Crippen LogP contribution >= 0.6 is 11.8 Å². The zero-order chi connectivity index (χ0) is 8.69. The fraction of sp³-hybridized carbons (Fsp3) is 1.00. The highest BCUT2D eigenvalue weighted by atomic mass is 32.2. The van der Waals surface area contributed by atoms with Crippen LogP contribution in [0.25, 0.3) is 0 Å². The molecule has 2 N–H and O–H groups in total. The number of rotatable bonds is 6. The summed E-state index contributed by atoms with van der Waals surface area (Å²) in [5, 5.41) is 0.826. The van der Waals surface area contributed by atoms with E-state index >= 15 is 0 Å². The lowest BCUT2D eigenvalue weighted by Crippen LogP contribution is -2.22. The first-order chi connectivity index (χ1) is 5.24. The molecule has 0 heterocycles. The first kappa shape index (κ1) is 11.3. The normalized spacial score (nSPS) is 13.9. The molecule has 0 rings (SSSR count). The second kappa shape index (κ2) is 6.99. The van der Waals surface area contributed by atoms with Crippen molar-refractivity contribution in [2.24, 2.45) is 5.73 Å². The molecule has 0 saturated carbocycles. The van der Waals surface area contributed by atoms with Crippen LogP contribution in [0.3, 0.4) is 0 Å². The van der Waals surface area contributed by atoms with Crippen LogP contribution in [-0.4, -0.2) is 17.0 Å². The standard InChI is InChI=1S/C9H21NS/c1-4-8(10)7-11-9(5-2)6-3/h8-9H,4-7,10H2,1-3H3. The van der Waals surface area contributed by atoms with Gasteiger partial charge in [0, 0.05) is 17.0 Å². The summed E-state index contributed by atoms with van der Waals surface area (Å²) < 4.78 is 0. The van der Waals surface area contributed by atoms with E-state index in [2.05, 4.69) is 20.8 Å². The van der Waals surface area contributed by atoms with Crippen molar-refractivity contribution in [1.82, 2.24) is 0 Å². The van der Waals surface area contributed by atoms with Gasteiger partial charge in [0.2, 0.25) is 0 Å². The summed E-state index contributed by atoms with van der Waals surface area (Å²) in [6, 6.07) is 0.403. The van der Waals surface area contributed by atoms with Gasteiger partial charge in [-0.15, -0.1) is 0 Å². The zero-order valence-corrected chi connectivity index (χ0v) is 8.79. The summed E-state index contributed by atoms with van der Waals surface area (Å²) in [6.07, 6.45) is 3.66. The Morgan fingerprint density at radius 1 is 1.09 bits per heavy atom. The van der Waals surface area contributed by atoms with E-state index < -0.39 is 0 Å². The fourth-order valence-electron chi connectivity index (χ4n) is 0.902. The maximum atomic E-state index is 5.81. The number of nitrogens with two attached hydrogens (primary N) is 1. The highest BCUT2D eigenvalue weighted by Gasteiger charge is 2.05. The van der Waals surface area contributed by atoms with Crippen LogP contribution in [-0.2, 0) is 0 Å². The van der Waals surface area contributed by atoms with Crippen molar-refractivity contribution in [2.75, 3.05) is 5.75 Å². The minimum Gasteiger partial charge on any atom is -0.327 e. The van der Waals surface area contributed by atoms with Crippen LogP contribution in [0.2, 0.25) is 0 Å². The molecule has 0 aliphatic rings. The van der Waals surface area contributed by atoms with Gasteiger partial charge in [-0.3, -0.25) is 0 Å². The minimum atomic E-state index is 0.403. The third-order valence-corrected chi connectivity index (χ3v) is 3.74. The van der Waals surface area contributed by atoms with Gasteiger partial charge >= 0.3 is 0 Å². The summed E-state index contributed by atoms with van der Waals surface area (Å²) in [4.78, 5) is 0. The average molecular weight is 175 g/mol. The predicted octanol–water partition coefficient (Wildman–Crippen LogP) is 2.65.